The van der Waals surface area contributed by atoms with Crippen LogP contribution in [0.4, 0.5) is 0 Å². The molecule has 3 aromatic heterocycles. The van der Waals surface area contributed by atoms with Crippen molar-refractivity contribution in [3.63, 3.8) is 0 Å². The number of aromatic nitrogens is 3. The lowest BCUT2D eigenvalue weighted by Gasteiger charge is -2.09. The highest BCUT2D eigenvalue weighted by Crippen LogP contribution is 2.34. The normalized spacial score (nSPS) is 11.6. The van der Waals surface area contributed by atoms with Crippen LogP contribution in [-0.4, -0.2) is 14.5 Å². The minimum Gasteiger partial charge on any atom is -0.278 e. The Labute approximate surface area is 165 Å². The molecule has 6 rings (SSSR count). The van der Waals surface area contributed by atoms with E-state index in [9.17, 15) is 0 Å². The SMILES string of the molecule is c1ccc(-c2nc(-n3c4ccccc4c4ccccc43)nc3ccsc23)cc1. The number of thiophene rings is 1. The van der Waals surface area contributed by atoms with Gasteiger partial charge in [0.1, 0.15) is 0 Å². The predicted octanol–water partition coefficient (Wildman–Crippen LogP) is 6.46. The molecule has 6 aromatic rings. The first kappa shape index (κ1) is 15.5. The van der Waals surface area contributed by atoms with Gasteiger partial charge in [-0.1, -0.05) is 66.7 Å². The third-order valence-corrected chi connectivity index (χ3v) is 6.03. The van der Waals surface area contributed by atoms with Crippen LogP contribution in [0.1, 0.15) is 0 Å². The van der Waals surface area contributed by atoms with Crippen LogP contribution in [0.5, 0.6) is 0 Å². The molecule has 0 aliphatic heterocycles. The Bertz CT molecular complexity index is 1410. The van der Waals surface area contributed by atoms with Gasteiger partial charge in [0.05, 0.1) is 26.9 Å². The summed E-state index contributed by atoms with van der Waals surface area (Å²) >= 11 is 1.69. The standard InChI is InChI=1S/C24H15N3S/c1-2-8-16(9-3-1)22-23-19(14-15-28-23)25-24(26-22)27-20-12-6-4-10-17(20)18-11-5-7-13-21(18)27/h1-15H. The van der Waals surface area contributed by atoms with Crippen molar-refractivity contribution in [1.82, 2.24) is 14.5 Å². The summed E-state index contributed by atoms with van der Waals surface area (Å²) in [6.45, 7) is 0. The minimum absolute atomic E-state index is 0.710. The summed E-state index contributed by atoms with van der Waals surface area (Å²) in [7, 11) is 0. The molecular weight excluding hydrogens is 362 g/mol. The topological polar surface area (TPSA) is 30.7 Å². The average molecular weight is 377 g/mol. The molecule has 3 aromatic carbocycles. The van der Waals surface area contributed by atoms with Crippen molar-refractivity contribution in [3.8, 4) is 17.2 Å². The summed E-state index contributed by atoms with van der Waals surface area (Å²) < 4.78 is 3.30. The van der Waals surface area contributed by atoms with Gasteiger partial charge in [0.25, 0.3) is 0 Å². The van der Waals surface area contributed by atoms with Gasteiger partial charge in [-0.15, -0.1) is 11.3 Å². The Morgan fingerprint density at radius 2 is 1.29 bits per heavy atom. The molecular formula is C24H15N3S. The molecule has 0 radical (unpaired) electrons. The van der Waals surface area contributed by atoms with Crippen LogP contribution in [0, 0.1) is 0 Å². The molecule has 0 amide bonds. The molecule has 0 saturated heterocycles. The Kier molecular flexibility index (Phi) is 3.34. The fraction of sp³-hybridized carbons (Fsp3) is 0. The number of nitrogens with zero attached hydrogens (tertiary/aromatic N) is 3. The molecule has 0 spiro atoms. The number of hydrogen-bond acceptors (Lipinski definition) is 3. The van der Waals surface area contributed by atoms with Crippen molar-refractivity contribution in [1.29, 1.82) is 0 Å². The van der Waals surface area contributed by atoms with Crippen LogP contribution in [-0.2, 0) is 0 Å². The molecule has 0 aliphatic carbocycles. The number of fused-ring (bicyclic) bond motifs is 4. The molecule has 0 atom stereocenters. The number of benzene rings is 3. The number of rotatable bonds is 2. The predicted molar refractivity (Wildman–Crippen MR) is 117 cm³/mol. The summed E-state index contributed by atoms with van der Waals surface area (Å²) in [5, 5.41) is 4.52. The first-order valence-corrected chi connectivity index (χ1v) is 10.1. The van der Waals surface area contributed by atoms with Crippen LogP contribution in [0.25, 0.3) is 49.2 Å². The molecule has 3 heterocycles. The quantitative estimate of drug-likeness (QED) is 0.347. The van der Waals surface area contributed by atoms with Gasteiger partial charge in [-0.25, -0.2) is 9.97 Å². The van der Waals surface area contributed by atoms with E-state index in [0.717, 1.165) is 32.5 Å². The van der Waals surface area contributed by atoms with Gasteiger partial charge in [-0.05, 0) is 23.6 Å². The summed E-state index contributed by atoms with van der Waals surface area (Å²) in [4.78, 5) is 9.97. The van der Waals surface area contributed by atoms with Gasteiger partial charge in [0.2, 0.25) is 5.95 Å². The zero-order chi connectivity index (χ0) is 18.5. The molecule has 0 fully saturated rings. The fourth-order valence-electron chi connectivity index (χ4n) is 3.88. The van der Waals surface area contributed by atoms with Crippen molar-refractivity contribution < 1.29 is 0 Å². The third-order valence-electron chi connectivity index (χ3n) is 5.12. The summed E-state index contributed by atoms with van der Waals surface area (Å²) in [6, 6.07) is 29.3. The van der Waals surface area contributed by atoms with E-state index in [0.29, 0.717) is 5.95 Å². The van der Waals surface area contributed by atoms with Crippen LogP contribution in [0.3, 0.4) is 0 Å². The van der Waals surface area contributed by atoms with E-state index in [1.807, 2.05) is 6.07 Å². The molecule has 132 valence electrons. The van der Waals surface area contributed by atoms with E-state index in [1.54, 1.807) is 11.3 Å². The van der Waals surface area contributed by atoms with E-state index < -0.39 is 0 Å². The minimum atomic E-state index is 0.710. The van der Waals surface area contributed by atoms with Gasteiger partial charge >= 0.3 is 0 Å². The first-order valence-electron chi connectivity index (χ1n) is 9.19. The van der Waals surface area contributed by atoms with Gasteiger partial charge < -0.3 is 0 Å². The zero-order valence-electron chi connectivity index (χ0n) is 14.9. The maximum atomic E-state index is 5.05. The third kappa shape index (κ3) is 2.22. The van der Waals surface area contributed by atoms with E-state index in [4.69, 9.17) is 9.97 Å². The summed E-state index contributed by atoms with van der Waals surface area (Å²) in [5.41, 5.74) is 5.32. The van der Waals surface area contributed by atoms with Crippen molar-refractivity contribution in [3.05, 3.63) is 90.3 Å². The van der Waals surface area contributed by atoms with Gasteiger partial charge in [-0.3, -0.25) is 4.57 Å². The van der Waals surface area contributed by atoms with Crippen molar-refractivity contribution >= 4 is 43.4 Å². The number of hydrogen-bond donors (Lipinski definition) is 0. The average Bonchev–Trinajstić information content (AvgIpc) is 3.36. The second-order valence-electron chi connectivity index (χ2n) is 6.74. The van der Waals surface area contributed by atoms with Crippen molar-refractivity contribution in [2.24, 2.45) is 0 Å². The van der Waals surface area contributed by atoms with E-state index >= 15 is 0 Å². The molecule has 28 heavy (non-hydrogen) atoms. The summed E-state index contributed by atoms with van der Waals surface area (Å²) in [6.07, 6.45) is 0. The first-order chi connectivity index (χ1) is 13.9. The molecule has 0 unspecified atom stereocenters. The molecule has 0 aliphatic rings. The van der Waals surface area contributed by atoms with E-state index in [2.05, 4.69) is 88.8 Å². The van der Waals surface area contributed by atoms with E-state index in [-0.39, 0.29) is 0 Å². The smallest absolute Gasteiger partial charge is 0.235 e. The van der Waals surface area contributed by atoms with Crippen LogP contribution >= 0.6 is 11.3 Å². The highest BCUT2D eigenvalue weighted by molar-refractivity contribution is 7.17. The molecule has 0 bridgehead atoms. The van der Waals surface area contributed by atoms with Crippen molar-refractivity contribution in [2.75, 3.05) is 0 Å². The molecule has 3 nitrogen and oxygen atoms in total. The maximum Gasteiger partial charge on any atom is 0.235 e. The van der Waals surface area contributed by atoms with Crippen LogP contribution < -0.4 is 0 Å². The van der Waals surface area contributed by atoms with Gasteiger partial charge in [0.15, 0.2) is 0 Å². The van der Waals surface area contributed by atoms with Gasteiger partial charge in [0, 0.05) is 16.3 Å². The van der Waals surface area contributed by atoms with Crippen LogP contribution in [0.15, 0.2) is 90.3 Å². The number of para-hydroxylation sites is 2. The highest BCUT2D eigenvalue weighted by atomic mass is 32.1. The zero-order valence-corrected chi connectivity index (χ0v) is 15.7. The Hall–Kier alpha value is -3.50. The highest BCUT2D eigenvalue weighted by Gasteiger charge is 2.17. The Morgan fingerprint density at radius 3 is 2.00 bits per heavy atom. The molecule has 0 N–H and O–H groups in total. The Morgan fingerprint density at radius 1 is 0.643 bits per heavy atom. The lowest BCUT2D eigenvalue weighted by atomic mass is 10.1. The van der Waals surface area contributed by atoms with E-state index in [1.165, 1.54) is 10.8 Å². The van der Waals surface area contributed by atoms with Crippen LogP contribution in [0.2, 0.25) is 0 Å². The second-order valence-corrected chi connectivity index (χ2v) is 7.66. The Balaban J connectivity index is 1.74. The lowest BCUT2D eigenvalue weighted by molar-refractivity contribution is 1.02. The lowest BCUT2D eigenvalue weighted by Crippen LogP contribution is -2.02. The maximum absolute atomic E-state index is 5.05. The monoisotopic (exact) mass is 377 g/mol. The fourth-order valence-corrected chi connectivity index (χ4v) is 4.72. The molecule has 0 saturated carbocycles. The van der Waals surface area contributed by atoms with Crippen molar-refractivity contribution in [2.45, 2.75) is 0 Å². The summed E-state index contributed by atoms with van der Waals surface area (Å²) in [5.74, 6) is 0.710. The largest absolute Gasteiger partial charge is 0.278 e. The van der Waals surface area contributed by atoms with Gasteiger partial charge in [-0.2, -0.15) is 0 Å². The molecule has 4 heteroatoms. The second kappa shape index (κ2) is 6.01.